The predicted octanol–water partition coefficient (Wildman–Crippen LogP) is 14.2. The molecule has 0 aliphatic heterocycles. The highest BCUT2D eigenvalue weighted by Gasteiger charge is 2.51. The van der Waals surface area contributed by atoms with Gasteiger partial charge < -0.3 is 4.90 Å². The number of allylic oxidation sites excluding steroid dienone is 4. The van der Waals surface area contributed by atoms with E-state index < -0.39 is 5.41 Å². The van der Waals surface area contributed by atoms with Crippen LogP contribution in [0.4, 0.5) is 17.1 Å². The molecule has 0 saturated heterocycles. The number of rotatable bonds is 5. The van der Waals surface area contributed by atoms with Gasteiger partial charge in [-0.3, -0.25) is 0 Å². The van der Waals surface area contributed by atoms with Crippen molar-refractivity contribution in [2.24, 2.45) is 0 Å². The maximum absolute atomic E-state index is 2.44. The van der Waals surface area contributed by atoms with Crippen LogP contribution in [0.1, 0.15) is 45.2 Å². The summed E-state index contributed by atoms with van der Waals surface area (Å²) in [5.74, 6) is 0.538. The summed E-state index contributed by atoms with van der Waals surface area (Å²) >= 11 is 0. The zero-order chi connectivity index (χ0) is 37.1. The van der Waals surface area contributed by atoms with Crippen LogP contribution in [0.25, 0.3) is 33.4 Å². The average Bonchev–Trinajstić information content (AvgIpc) is 3.52. The van der Waals surface area contributed by atoms with Crippen LogP contribution < -0.4 is 4.90 Å². The molecule has 0 bridgehead atoms. The fourth-order valence-electron chi connectivity index (χ4n) is 9.91. The first-order valence-electron chi connectivity index (χ1n) is 19.7. The Morgan fingerprint density at radius 1 is 0.321 bits per heavy atom. The number of nitrogens with zero attached hydrogens (tertiary/aromatic N) is 1. The highest BCUT2D eigenvalue weighted by atomic mass is 15.1. The number of hydrogen-bond acceptors (Lipinski definition) is 1. The Kier molecular flexibility index (Phi) is 7.60. The van der Waals surface area contributed by atoms with Crippen LogP contribution in [-0.2, 0) is 5.41 Å². The minimum Gasteiger partial charge on any atom is -0.310 e. The summed E-state index contributed by atoms with van der Waals surface area (Å²) < 4.78 is 0. The monoisotopic (exact) mass is 713 g/mol. The van der Waals surface area contributed by atoms with Gasteiger partial charge in [0.1, 0.15) is 0 Å². The summed E-state index contributed by atoms with van der Waals surface area (Å²) in [5, 5.41) is 0. The van der Waals surface area contributed by atoms with Gasteiger partial charge in [0.15, 0.2) is 0 Å². The van der Waals surface area contributed by atoms with E-state index >= 15 is 0 Å². The minimum atomic E-state index is -0.452. The van der Waals surface area contributed by atoms with Crippen molar-refractivity contribution in [2.75, 3.05) is 4.90 Å². The van der Waals surface area contributed by atoms with E-state index in [1.165, 1.54) is 66.8 Å². The Bertz CT molecular complexity index is 2730. The standard InChI is InChI=1S/C55H39N/c1-3-15-38(16-4-1)39-27-29-40(30-28-39)41-31-33-43(34-32-41)56(42-17-5-2-6-18-42)44-35-36-54-50(37-44)49-23-11-14-26-53(49)55(54)51-24-12-9-21-47(51)45-19-7-8-20-46(45)48-22-10-13-25-52(48)55/h1-37,45-46H. The van der Waals surface area contributed by atoms with Crippen LogP contribution >= 0.6 is 0 Å². The molecule has 1 nitrogen and oxygen atoms in total. The molecule has 3 aliphatic rings. The van der Waals surface area contributed by atoms with Gasteiger partial charge >= 0.3 is 0 Å². The normalized spacial score (nSPS) is 18.3. The molecule has 0 radical (unpaired) electrons. The summed E-state index contributed by atoms with van der Waals surface area (Å²) in [5.41, 5.74) is 18.6. The molecule has 11 rings (SSSR count). The molecule has 8 aromatic rings. The van der Waals surface area contributed by atoms with Crippen LogP contribution in [0.2, 0.25) is 0 Å². The molecule has 0 fully saturated rings. The van der Waals surface area contributed by atoms with Gasteiger partial charge in [-0.2, -0.15) is 0 Å². The zero-order valence-electron chi connectivity index (χ0n) is 31.0. The fraction of sp³-hybridized carbons (Fsp3) is 0.0545. The van der Waals surface area contributed by atoms with Crippen molar-refractivity contribution >= 4 is 17.1 Å². The number of benzene rings is 8. The van der Waals surface area contributed by atoms with Crippen molar-refractivity contribution in [3.8, 4) is 33.4 Å². The summed E-state index contributed by atoms with van der Waals surface area (Å²) in [6.45, 7) is 0. The van der Waals surface area contributed by atoms with Gasteiger partial charge in [-0.25, -0.2) is 0 Å². The van der Waals surface area contributed by atoms with Gasteiger partial charge in [-0.05, 0) is 103 Å². The first kappa shape index (κ1) is 32.5. The van der Waals surface area contributed by atoms with Gasteiger partial charge in [-0.1, -0.05) is 188 Å². The summed E-state index contributed by atoms with van der Waals surface area (Å²) in [4.78, 5) is 2.40. The number of hydrogen-bond donors (Lipinski definition) is 0. The van der Waals surface area contributed by atoms with Crippen molar-refractivity contribution in [3.63, 3.8) is 0 Å². The predicted molar refractivity (Wildman–Crippen MR) is 233 cm³/mol. The van der Waals surface area contributed by atoms with E-state index in [-0.39, 0.29) is 11.8 Å². The Labute approximate surface area is 329 Å². The number of anilines is 3. The third kappa shape index (κ3) is 4.94. The van der Waals surface area contributed by atoms with E-state index in [1.807, 2.05) is 0 Å². The van der Waals surface area contributed by atoms with E-state index in [0.29, 0.717) is 0 Å². The molecule has 0 amide bonds. The molecule has 264 valence electrons. The Balaban J connectivity index is 1.07. The topological polar surface area (TPSA) is 3.24 Å². The SMILES string of the molecule is C1=CC2c3ccccc3C3(c4ccccc4-c4cc(N(c5ccccc5)c5ccc(-c6ccc(-c7ccccc7)cc6)cc5)ccc43)c3ccccc3C2C=C1. The smallest absolute Gasteiger partial charge is 0.0719 e. The lowest BCUT2D eigenvalue weighted by atomic mass is 9.66. The van der Waals surface area contributed by atoms with Crippen molar-refractivity contribution in [2.45, 2.75) is 17.3 Å². The second kappa shape index (κ2) is 13.1. The summed E-state index contributed by atoms with van der Waals surface area (Å²) in [6.07, 6.45) is 9.28. The molecule has 3 aliphatic carbocycles. The molecular formula is C55H39N. The van der Waals surface area contributed by atoms with Crippen LogP contribution in [0.3, 0.4) is 0 Å². The van der Waals surface area contributed by atoms with E-state index in [2.05, 4.69) is 229 Å². The lowest BCUT2D eigenvalue weighted by molar-refractivity contribution is 0.732. The molecule has 1 spiro atoms. The van der Waals surface area contributed by atoms with Crippen LogP contribution in [0.15, 0.2) is 224 Å². The molecule has 2 atom stereocenters. The molecule has 1 heteroatoms. The van der Waals surface area contributed by atoms with Gasteiger partial charge in [0.2, 0.25) is 0 Å². The zero-order valence-corrected chi connectivity index (χ0v) is 31.0. The van der Waals surface area contributed by atoms with E-state index in [4.69, 9.17) is 0 Å². The Morgan fingerprint density at radius 2 is 0.750 bits per heavy atom. The molecular weight excluding hydrogens is 675 g/mol. The molecule has 0 saturated carbocycles. The number of fused-ring (bicyclic) bond motifs is 12. The summed E-state index contributed by atoms with van der Waals surface area (Å²) in [6, 6.07) is 74.1. The van der Waals surface area contributed by atoms with E-state index in [0.717, 1.165) is 17.1 Å². The van der Waals surface area contributed by atoms with E-state index in [9.17, 15) is 0 Å². The van der Waals surface area contributed by atoms with Crippen molar-refractivity contribution in [1.82, 2.24) is 0 Å². The Morgan fingerprint density at radius 3 is 1.36 bits per heavy atom. The average molecular weight is 714 g/mol. The summed E-state index contributed by atoms with van der Waals surface area (Å²) in [7, 11) is 0. The van der Waals surface area contributed by atoms with Gasteiger partial charge in [0, 0.05) is 28.9 Å². The minimum absolute atomic E-state index is 0.269. The van der Waals surface area contributed by atoms with Gasteiger partial charge in [-0.15, -0.1) is 0 Å². The number of para-hydroxylation sites is 1. The van der Waals surface area contributed by atoms with E-state index in [1.54, 1.807) is 0 Å². The second-order valence-corrected chi connectivity index (χ2v) is 15.2. The lowest BCUT2D eigenvalue weighted by Crippen LogP contribution is -2.30. The maximum atomic E-state index is 2.44. The largest absolute Gasteiger partial charge is 0.310 e. The first-order valence-corrected chi connectivity index (χ1v) is 19.7. The first-order chi connectivity index (χ1) is 27.8. The van der Waals surface area contributed by atoms with Gasteiger partial charge in [0.25, 0.3) is 0 Å². The van der Waals surface area contributed by atoms with Crippen molar-refractivity contribution in [3.05, 3.63) is 258 Å². The highest BCUT2D eigenvalue weighted by molar-refractivity contribution is 5.91. The third-order valence-corrected chi connectivity index (χ3v) is 12.3. The molecule has 8 aromatic carbocycles. The van der Waals surface area contributed by atoms with Gasteiger partial charge in [0.05, 0.1) is 5.41 Å². The molecule has 0 heterocycles. The second-order valence-electron chi connectivity index (χ2n) is 15.2. The van der Waals surface area contributed by atoms with Crippen LogP contribution in [0, 0.1) is 0 Å². The van der Waals surface area contributed by atoms with Crippen molar-refractivity contribution < 1.29 is 0 Å². The molecule has 56 heavy (non-hydrogen) atoms. The Hall–Kier alpha value is -6.96. The van der Waals surface area contributed by atoms with Crippen molar-refractivity contribution in [1.29, 1.82) is 0 Å². The third-order valence-electron chi connectivity index (χ3n) is 12.3. The van der Waals surface area contributed by atoms with Crippen LogP contribution in [-0.4, -0.2) is 0 Å². The van der Waals surface area contributed by atoms with Crippen LogP contribution in [0.5, 0.6) is 0 Å². The molecule has 0 N–H and O–H groups in total. The maximum Gasteiger partial charge on any atom is 0.0719 e. The quantitative estimate of drug-likeness (QED) is 0.172. The highest BCUT2D eigenvalue weighted by Crippen LogP contribution is 2.62. The molecule has 0 aromatic heterocycles. The fourth-order valence-corrected chi connectivity index (χ4v) is 9.91. The lowest BCUT2D eigenvalue weighted by Gasteiger charge is -2.35. The molecule has 2 unspecified atom stereocenters.